The molecule has 1 aromatic carbocycles. The monoisotopic (exact) mass is 591 g/mol. The van der Waals surface area contributed by atoms with Gasteiger partial charge >= 0.3 is 0 Å². The number of hydrogen-bond donors (Lipinski definition) is 0. The van der Waals surface area contributed by atoms with Gasteiger partial charge in [0.25, 0.3) is 0 Å². The van der Waals surface area contributed by atoms with Gasteiger partial charge in [-0.05, 0) is 44.0 Å². The summed E-state index contributed by atoms with van der Waals surface area (Å²) in [5.41, 5.74) is 3.45. The summed E-state index contributed by atoms with van der Waals surface area (Å²) in [5, 5.41) is 14.2. The topological polar surface area (TPSA) is 99.2 Å². The number of fused-ring (bicyclic) bond motifs is 3. The van der Waals surface area contributed by atoms with E-state index in [0.717, 1.165) is 80.4 Å². The van der Waals surface area contributed by atoms with Crippen molar-refractivity contribution in [3.63, 3.8) is 0 Å². The highest BCUT2D eigenvalue weighted by Gasteiger charge is 2.51. The van der Waals surface area contributed by atoms with Crippen LogP contribution in [0.2, 0.25) is 0 Å². The number of morpholine rings is 1. The third-order valence-electron chi connectivity index (χ3n) is 9.33. The van der Waals surface area contributed by atoms with E-state index >= 15 is 0 Å². The Morgan fingerprint density at radius 3 is 2.57 bits per heavy atom. The van der Waals surface area contributed by atoms with Crippen molar-refractivity contribution in [3.05, 3.63) is 78.2 Å². The summed E-state index contributed by atoms with van der Waals surface area (Å²) in [6.07, 6.45) is 6.30. The number of ether oxygens (including phenoxy) is 2. The van der Waals surface area contributed by atoms with E-state index in [1.807, 2.05) is 74.8 Å². The van der Waals surface area contributed by atoms with Gasteiger partial charge in [0.05, 0.1) is 54.2 Å². The van der Waals surface area contributed by atoms with Crippen LogP contribution in [0.5, 0.6) is 5.75 Å². The van der Waals surface area contributed by atoms with Crippen molar-refractivity contribution in [2.45, 2.75) is 37.8 Å². The number of rotatable bonds is 8. The van der Waals surface area contributed by atoms with Crippen molar-refractivity contribution < 1.29 is 14.3 Å². The van der Waals surface area contributed by atoms with Gasteiger partial charge in [-0.2, -0.15) is 10.4 Å². The fourth-order valence-corrected chi connectivity index (χ4v) is 6.76. The van der Waals surface area contributed by atoms with E-state index in [2.05, 4.69) is 25.9 Å². The molecule has 0 aliphatic carbocycles. The molecule has 2 bridgehead atoms. The zero-order valence-electron chi connectivity index (χ0n) is 25.2. The van der Waals surface area contributed by atoms with Crippen molar-refractivity contribution >= 4 is 17.2 Å². The molecule has 1 amide bonds. The van der Waals surface area contributed by atoms with Crippen LogP contribution >= 0.6 is 0 Å². The van der Waals surface area contributed by atoms with E-state index in [1.165, 1.54) is 0 Å². The first-order valence-electron chi connectivity index (χ1n) is 15.4. The average molecular weight is 592 g/mol. The molecule has 10 heteroatoms. The van der Waals surface area contributed by atoms with Crippen LogP contribution in [0.15, 0.2) is 67.1 Å². The van der Waals surface area contributed by atoms with Gasteiger partial charge in [-0.1, -0.05) is 30.3 Å². The average Bonchev–Trinajstić information content (AvgIpc) is 3.48. The maximum absolute atomic E-state index is 13.7. The standard InChI is InChI=1S/C34H37N7O3/c1-34(2,26-6-4-3-5-7-26)33(42)41-27-16-28(41)22-39(21-27)31-9-8-24(19-36-31)30-17-29(23-40-32(30)25(18-35)20-37-40)44-15-12-38-10-13-43-14-11-38/h3-9,17,19-20,23,27-28H,10-16,21-22H2,1-2H3. The van der Waals surface area contributed by atoms with Crippen LogP contribution in [-0.4, -0.2) is 94.9 Å². The van der Waals surface area contributed by atoms with Gasteiger partial charge in [0.2, 0.25) is 5.91 Å². The summed E-state index contributed by atoms with van der Waals surface area (Å²) in [6, 6.07) is 18.7. The van der Waals surface area contributed by atoms with E-state index in [1.54, 1.807) is 10.7 Å². The van der Waals surface area contributed by atoms with Crippen molar-refractivity contribution in [3.8, 4) is 22.9 Å². The van der Waals surface area contributed by atoms with Gasteiger partial charge in [-0.3, -0.25) is 9.69 Å². The Morgan fingerprint density at radius 1 is 1.09 bits per heavy atom. The molecule has 10 nitrogen and oxygen atoms in total. The van der Waals surface area contributed by atoms with Gasteiger partial charge in [0.15, 0.2) is 0 Å². The molecule has 0 radical (unpaired) electrons. The second-order valence-corrected chi connectivity index (χ2v) is 12.4. The molecule has 4 aromatic rings. The number of piperazine rings is 1. The normalized spacial score (nSPS) is 20.3. The Bertz CT molecular complexity index is 1680. The molecule has 0 N–H and O–H groups in total. The molecule has 44 heavy (non-hydrogen) atoms. The molecule has 4 saturated heterocycles. The number of pyridine rings is 2. The molecule has 226 valence electrons. The van der Waals surface area contributed by atoms with Gasteiger partial charge < -0.3 is 19.3 Å². The van der Waals surface area contributed by atoms with E-state index in [-0.39, 0.29) is 18.0 Å². The van der Waals surface area contributed by atoms with Crippen LogP contribution in [0.4, 0.5) is 5.82 Å². The molecular formula is C34H37N7O3. The van der Waals surface area contributed by atoms with Crippen LogP contribution in [0.1, 0.15) is 31.4 Å². The summed E-state index contributed by atoms with van der Waals surface area (Å²) in [6.45, 7) is 10.3. The molecule has 4 aliphatic heterocycles. The first-order valence-corrected chi connectivity index (χ1v) is 15.4. The molecule has 3 aromatic heterocycles. The minimum Gasteiger partial charge on any atom is -0.491 e. The maximum Gasteiger partial charge on any atom is 0.233 e. The zero-order chi connectivity index (χ0) is 30.3. The van der Waals surface area contributed by atoms with E-state index < -0.39 is 5.41 Å². The fraction of sp³-hybridized carbons (Fsp3) is 0.412. The van der Waals surface area contributed by atoms with E-state index in [9.17, 15) is 10.1 Å². The van der Waals surface area contributed by atoms with Crippen molar-refractivity contribution in [1.29, 1.82) is 5.26 Å². The van der Waals surface area contributed by atoms with Crippen LogP contribution in [0.25, 0.3) is 16.6 Å². The molecule has 4 fully saturated rings. The number of benzene rings is 1. The fourth-order valence-electron chi connectivity index (χ4n) is 6.76. The highest BCUT2D eigenvalue weighted by atomic mass is 16.5. The summed E-state index contributed by atoms with van der Waals surface area (Å²) in [5.74, 6) is 1.77. The predicted molar refractivity (Wildman–Crippen MR) is 167 cm³/mol. The molecule has 4 aliphatic rings. The number of amides is 1. The zero-order valence-corrected chi connectivity index (χ0v) is 25.2. The second kappa shape index (κ2) is 11.6. The SMILES string of the molecule is CC(C)(C(=O)N1C2CC1CN(c1ccc(-c3cc(OCCN4CCOCC4)cn4ncc(C#N)c34)cn1)C2)c1ccccc1. The Kier molecular flexibility index (Phi) is 7.44. The minimum absolute atomic E-state index is 0.182. The Labute approximate surface area is 257 Å². The quantitative estimate of drug-likeness (QED) is 0.306. The van der Waals surface area contributed by atoms with Gasteiger partial charge in [-0.25, -0.2) is 9.50 Å². The molecule has 8 rings (SSSR count). The van der Waals surface area contributed by atoms with Crippen LogP contribution in [0.3, 0.4) is 0 Å². The van der Waals surface area contributed by atoms with Crippen LogP contribution in [0, 0.1) is 11.3 Å². The number of piperidine rings is 1. The van der Waals surface area contributed by atoms with Crippen molar-refractivity contribution in [2.24, 2.45) is 0 Å². The van der Waals surface area contributed by atoms with Crippen LogP contribution < -0.4 is 9.64 Å². The number of aromatic nitrogens is 3. The lowest BCUT2D eigenvalue weighted by molar-refractivity contribution is -0.151. The number of nitriles is 1. The van der Waals surface area contributed by atoms with Gasteiger partial charge in [-0.15, -0.1) is 0 Å². The lowest BCUT2D eigenvalue weighted by Gasteiger charge is -2.58. The molecule has 2 unspecified atom stereocenters. The first kappa shape index (κ1) is 28.3. The molecule has 7 heterocycles. The summed E-state index contributed by atoms with van der Waals surface area (Å²) in [4.78, 5) is 25.2. The summed E-state index contributed by atoms with van der Waals surface area (Å²) in [7, 11) is 0. The van der Waals surface area contributed by atoms with Gasteiger partial charge in [0, 0.05) is 50.0 Å². The number of carbonyl (C=O) groups excluding carboxylic acids is 1. The molecular weight excluding hydrogens is 554 g/mol. The Morgan fingerprint density at radius 2 is 1.86 bits per heavy atom. The summed E-state index contributed by atoms with van der Waals surface area (Å²) >= 11 is 0. The lowest BCUT2D eigenvalue weighted by Crippen LogP contribution is -2.72. The Hall–Kier alpha value is -4.46. The smallest absolute Gasteiger partial charge is 0.233 e. The highest BCUT2D eigenvalue weighted by molar-refractivity contribution is 5.89. The second-order valence-electron chi connectivity index (χ2n) is 12.4. The van der Waals surface area contributed by atoms with Crippen molar-refractivity contribution in [1.82, 2.24) is 24.4 Å². The van der Waals surface area contributed by atoms with Gasteiger partial charge in [0.1, 0.15) is 24.2 Å². The third kappa shape index (κ3) is 5.16. The van der Waals surface area contributed by atoms with E-state index in [0.29, 0.717) is 17.9 Å². The molecule has 2 atom stereocenters. The number of hydrogen-bond acceptors (Lipinski definition) is 8. The molecule has 0 saturated carbocycles. The lowest BCUT2D eigenvalue weighted by atomic mass is 9.78. The number of nitrogens with zero attached hydrogens (tertiary/aromatic N) is 7. The van der Waals surface area contributed by atoms with Crippen LogP contribution in [-0.2, 0) is 14.9 Å². The third-order valence-corrected chi connectivity index (χ3v) is 9.33. The first-order chi connectivity index (χ1) is 21.4. The number of carbonyl (C=O) groups is 1. The number of anilines is 1. The maximum atomic E-state index is 13.7. The largest absolute Gasteiger partial charge is 0.491 e. The minimum atomic E-state index is -0.567. The van der Waals surface area contributed by atoms with E-state index in [4.69, 9.17) is 14.5 Å². The summed E-state index contributed by atoms with van der Waals surface area (Å²) < 4.78 is 13.3. The predicted octanol–water partition coefficient (Wildman–Crippen LogP) is 3.75. The Balaban J connectivity index is 1.06. The molecule has 0 spiro atoms. The highest BCUT2D eigenvalue weighted by Crippen LogP contribution is 2.39. The van der Waals surface area contributed by atoms with Crippen molar-refractivity contribution in [2.75, 3.05) is 57.4 Å².